The van der Waals surface area contributed by atoms with Crippen LogP contribution in [0.4, 0.5) is 0 Å². The molecule has 10 heteroatoms. The van der Waals surface area contributed by atoms with Gasteiger partial charge in [-0.3, -0.25) is 19.3 Å². The van der Waals surface area contributed by atoms with E-state index in [9.17, 15) is 14.4 Å². The normalized spacial score (nSPS) is 13.3. The fourth-order valence-corrected chi connectivity index (χ4v) is 4.44. The number of fused-ring (bicyclic) bond motifs is 1. The van der Waals surface area contributed by atoms with Gasteiger partial charge in [0, 0.05) is 62.8 Å². The van der Waals surface area contributed by atoms with E-state index in [-0.39, 0.29) is 35.9 Å². The van der Waals surface area contributed by atoms with Gasteiger partial charge in [0.15, 0.2) is 0 Å². The lowest BCUT2D eigenvalue weighted by Crippen LogP contribution is -2.35. The monoisotopic (exact) mass is 493 g/mol. The van der Waals surface area contributed by atoms with Crippen molar-refractivity contribution in [2.24, 2.45) is 13.0 Å². The molecule has 10 nitrogen and oxygen atoms in total. The van der Waals surface area contributed by atoms with Crippen molar-refractivity contribution in [2.45, 2.75) is 39.8 Å². The van der Waals surface area contributed by atoms with E-state index in [0.29, 0.717) is 36.8 Å². The Labute approximate surface area is 209 Å². The lowest BCUT2D eigenvalue weighted by Gasteiger charge is -2.19. The molecule has 0 bridgehead atoms. The molecule has 190 valence electrons. The van der Waals surface area contributed by atoms with E-state index in [4.69, 9.17) is 9.47 Å². The summed E-state index contributed by atoms with van der Waals surface area (Å²) in [6.07, 6.45) is 4.39. The number of aromatic nitrogens is 4. The third-order valence-electron chi connectivity index (χ3n) is 6.15. The zero-order valence-corrected chi connectivity index (χ0v) is 21.1. The fourth-order valence-electron chi connectivity index (χ4n) is 4.44. The molecule has 0 N–H and O–H groups in total. The summed E-state index contributed by atoms with van der Waals surface area (Å²) in [6, 6.07) is 6.76. The number of hydrogen-bond donors (Lipinski definition) is 0. The van der Waals surface area contributed by atoms with Crippen molar-refractivity contribution < 1.29 is 19.1 Å². The Balaban J connectivity index is 1.61. The van der Waals surface area contributed by atoms with Crippen LogP contribution < -0.4 is 10.3 Å². The molecular weight excluding hydrogens is 462 g/mol. The van der Waals surface area contributed by atoms with Gasteiger partial charge in [0.1, 0.15) is 23.6 Å². The zero-order valence-electron chi connectivity index (χ0n) is 21.1. The van der Waals surface area contributed by atoms with Gasteiger partial charge in [-0.05, 0) is 24.5 Å². The predicted octanol–water partition coefficient (Wildman–Crippen LogP) is 2.24. The Hall–Kier alpha value is -3.95. The summed E-state index contributed by atoms with van der Waals surface area (Å²) in [5, 5.41) is 4.48. The number of hydrogen-bond acceptors (Lipinski definition) is 7. The van der Waals surface area contributed by atoms with Crippen molar-refractivity contribution in [3.05, 3.63) is 75.2 Å². The van der Waals surface area contributed by atoms with E-state index in [1.54, 1.807) is 35.1 Å². The van der Waals surface area contributed by atoms with Crippen LogP contribution in [0.3, 0.4) is 0 Å². The van der Waals surface area contributed by atoms with Gasteiger partial charge in [-0.2, -0.15) is 5.10 Å². The van der Waals surface area contributed by atoms with Crippen LogP contribution in [0.25, 0.3) is 0 Å². The van der Waals surface area contributed by atoms with Crippen LogP contribution in [0.2, 0.25) is 0 Å². The molecule has 0 aliphatic carbocycles. The Morgan fingerprint density at radius 3 is 2.67 bits per heavy atom. The smallest absolute Gasteiger partial charge is 0.343 e. The summed E-state index contributed by atoms with van der Waals surface area (Å²) in [5.74, 6) is -0.168. The Morgan fingerprint density at radius 1 is 1.17 bits per heavy atom. The molecule has 0 radical (unpaired) electrons. The molecule has 0 saturated heterocycles. The molecule has 1 amide bonds. The van der Waals surface area contributed by atoms with Gasteiger partial charge >= 0.3 is 5.97 Å². The van der Waals surface area contributed by atoms with Crippen LogP contribution in [0.15, 0.2) is 41.5 Å². The molecule has 0 aromatic carbocycles. The van der Waals surface area contributed by atoms with Gasteiger partial charge in [-0.25, -0.2) is 4.79 Å². The predicted molar refractivity (Wildman–Crippen MR) is 132 cm³/mol. The van der Waals surface area contributed by atoms with Crippen molar-refractivity contribution in [1.29, 1.82) is 0 Å². The largest absolute Gasteiger partial charge is 0.488 e. The highest BCUT2D eigenvalue weighted by Crippen LogP contribution is 2.25. The quantitative estimate of drug-likeness (QED) is 0.465. The summed E-state index contributed by atoms with van der Waals surface area (Å²) < 4.78 is 14.0. The summed E-state index contributed by atoms with van der Waals surface area (Å²) in [7, 11) is 3.05. The summed E-state index contributed by atoms with van der Waals surface area (Å²) in [6.45, 7) is 5.26. The Bertz CT molecular complexity index is 1310. The molecule has 3 aromatic heterocycles. The minimum absolute atomic E-state index is 0.143. The molecule has 36 heavy (non-hydrogen) atoms. The maximum atomic E-state index is 13.4. The molecule has 0 unspecified atom stereocenters. The second kappa shape index (κ2) is 10.8. The first-order valence-electron chi connectivity index (χ1n) is 12.0. The minimum atomic E-state index is -0.593. The minimum Gasteiger partial charge on any atom is -0.488 e. The van der Waals surface area contributed by atoms with Crippen LogP contribution in [0, 0.1) is 5.92 Å². The number of rotatable bonds is 7. The first-order chi connectivity index (χ1) is 17.3. The third kappa shape index (κ3) is 5.32. The van der Waals surface area contributed by atoms with Gasteiger partial charge in [0.2, 0.25) is 0 Å². The van der Waals surface area contributed by atoms with Gasteiger partial charge in [-0.15, -0.1) is 0 Å². The third-order valence-corrected chi connectivity index (χ3v) is 6.15. The topological polar surface area (TPSA) is 109 Å². The molecule has 4 rings (SSSR count). The van der Waals surface area contributed by atoms with Crippen LogP contribution in [0.5, 0.6) is 5.75 Å². The molecule has 0 fully saturated rings. The number of ether oxygens (including phenoxy) is 2. The highest BCUT2D eigenvalue weighted by molar-refractivity contribution is 5.94. The Kier molecular flexibility index (Phi) is 7.52. The summed E-state index contributed by atoms with van der Waals surface area (Å²) in [5.41, 5.74) is 2.57. The Morgan fingerprint density at radius 2 is 1.97 bits per heavy atom. The van der Waals surface area contributed by atoms with Gasteiger partial charge in [-0.1, -0.05) is 19.9 Å². The summed E-state index contributed by atoms with van der Waals surface area (Å²) >= 11 is 0. The maximum Gasteiger partial charge on any atom is 0.343 e. The number of pyridine rings is 2. The average Bonchev–Trinajstić information content (AvgIpc) is 3.07. The second-order valence-electron chi connectivity index (χ2n) is 9.25. The fraction of sp³-hybridized carbons (Fsp3) is 0.423. The average molecular weight is 494 g/mol. The van der Waals surface area contributed by atoms with Crippen molar-refractivity contribution in [1.82, 2.24) is 24.2 Å². The number of aryl methyl sites for hydroxylation is 1. The van der Waals surface area contributed by atoms with Gasteiger partial charge in [0.05, 0.1) is 12.8 Å². The van der Waals surface area contributed by atoms with Crippen molar-refractivity contribution in [2.75, 3.05) is 20.2 Å². The van der Waals surface area contributed by atoms with E-state index in [1.807, 2.05) is 12.1 Å². The molecule has 0 atom stereocenters. The SMILES string of the molecule is COC(=O)c1c(OCc2cccnc2)cc(=O)n2c1CCN(C(=O)c1cc(CC(C)C)nn1C)CC2. The number of carbonyl (C=O) groups is 2. The van der Waals surface area contributed by atoms with E-state index in [2.05, 4.69) is 23.9 Å². The maximum absolute atomic E-state index is 13.4. The number of esters is 1. The number of nitrogens with zero attached hydrogens (tertiary/aromatic N) is 5. The van der Waals surface area contributed by atoms with Crippen LogP contribution in [-0.2, 0) is 37.8 Å². The van der Waals surface area contributed by atoms with Crippen molar-refractivity contribution >= 4 is 11.9 Å². The number of amides is 1. The molecule has 1 aliphatic rings. The first kappa shape index (κ1) is 25.2. The highest BCUT2D eigenvalue weighted by Gasteiger charge is 2.29. The molecule has 1 aliphatic heterocycles. The molecular formula is C26H31N5O5. The molecule has 0 spiro atoms. The lowest BCUT2D eigenvalue weighted by molar-refractivity contribution is 0.0592. The van der Waals surface area contributed by atoms with Crippen LogP contribution in [-0.4, -0.2) is 56.3 Å². The highest BCUT2D eigenvalue weighted by atomic mass is 16.5. The van der Waals surface area contributed by atoms with Gasteiger partial charge < -0.3 is 18.9 Å². The number of methoxy groups -OCH3 is 1. The number of carbonyl (C=O) groups excluding carboxylic acids is 2. The van der Waals surface area contributed by atoms with E-state index >= 15 is 0 Å². The lowest BCUT2D eigenvalue weighted by atomic mass is 10.1. The van der Waals surface area contributed by atoms with Gasteiger partial charge in [0.25, 0.3) is 11.5 Å². The van der Waals surface area contributed by atoms with Crippen LogP contribution in [0.1, 0.15) is 51.6 Å². The van der Waals surface area contributed by atoms with E-state index in [1.165, 1.54) is 17.7 Å². The van der Waals surface area contributed by atoms with Crippen LogP contribution >= 0.6 is 0 Å². The standard InChI is InChI=1S/C26H31N5O5/c1-17(2)12-19-13-21(29(3)28-19)25(33)30-9-7-20-24(26(34)35-4)22(14-23(32)31(20)11-10-30)36-16-18-6-5-8-27-15-18/h5-6,8,13-15,17H,7,9-12,16H2,1-4H3. The second-order valence-corrected chi connectivity index (χ2v) is 9.25. The van der Waals surface area contributed by atoms with Crippen molar-refractivity contribution in [3.8, 4) is 5.75 Å². The summed E-state index contributed by atoms with van der Waals surface area (Å²) in [4.78, 5) is 44.9. The van der Waals surface area contributed by atoms with E-state index in [0.717, 1.165) is 17.7 Å². The first-order valence-corrected chi connectivity index (χ1v) is 12.0. The zero-order chi connectivity index (χ0) is 25.8. The van der Waals surface area contributed by atoms with Crippen molar-refractivity contribution in [3.63, 3.8) is 0 Å². The molecule has 4 heterocycles. The molecule has 3 aromatic rings. The molecule has 0 saturated carbocycles. The van der Waals surface area contributed by atoms with E-state index < -0.39 is 5.97 Å².